The summed E-state index contributed by atoms with van der Waals surface area (Å²) in [5.41, 5.74) is 0.890. The first kappa shape index (κ1) is 15.0. The van der Waals surface area contributed by atoms with Gasteiger partial charge in [-0.25, -0.2) is 0 Å². The molecule has 1 rings (SSSR count). The fourth-order valence-corrected chi connectivity index (χ4v) is 2.07. The van der Waals surface area contributed by atoms with E-state index in [2.05, 4.69) is 33.0 Å². The van der Waals surface area contributed by atoms with Gasteiger partial charge < -0.3 is 15.2 Å². The fraction of sp³-hybridized carbons (Fsp3) is 0.600. The highest BCUT2D eigenvalue weighted by Crippen LogP contribution is 2.25. The van der Waals surface area contributed by atoms with E-state index in [9.17, 15) is 5.11 Å². The van der Waals surface area contributed by atoms with E-state index < -0.39 is 6.10 Å². The summed E-state index contributed by atoms with van der Waals surface area (Å²) in [6, 6.07) is 8.00. The molecule has 0 saturated carbocycles. The summed E-state index contributed by atoms with van der Waals surface area (Å²) in [5, 5.41) is 13.9. The van der Waals surface area contributed by atoms with Crippen LogP contribution in [0.2, 0.25) is 0 Å². The molecule has 3 nitrogen and oxygen atoms in total. The van der Waals surface area contributed by atoms with Crippen LogP contribution in [0.3, 0.4) is 0 Å². The Labute approximate surface area is 110 Å². The average Bonchev–Trinajstić information content (AvgIpc) is 2.34. The molecule has 0 saturated heterocycles. The second-order valence-electron chi connectivity index (χ2n) is 5.31. The summed E-state index contributed by atoms with van der Waals surface area (Å²) < 4.78 is 5.19. The Morgan fingerprint density at radius 1 is 1.17 bits per heavy atom. The maximum atomic E-state index is 10.5. The smallest absolute Gasteiger partial charge is 0.119 e. The lowest BCUT2D eigenvalue weighted by molar-refractivity contribution is 0.100. The van der Waals surface area contributed by atoms with Crippen LogP contribution in [0.1, 0.15) is 39.4 Å². The highest BCUT2D eigenvalue weighted by atomic mass is 16.5. The van der Waals surface area contributed by atoms with E-state index in [1.807, 2.05) is 24.3 Å². The van der Waals surface area contributed by atoms with Crippen molar-refractivity contribution in [3.8, 4) is 5.75 Å². The normalized spacial score (nSPS) is 14.9. The van der Waals surface area contributed by atoms with Crippen LogP contribution in [0, 0.1) is 5.92 Å². The molecule has 0 fully saturated rings. The van der Waals surface area contributed by atoms with Crippen LogP contribution in [0.4, 0.5) is 0 Å². The molecular formula is C15H25NO2. The minimum Gasteiger partial charge on any atom is -0.497 e. The molecule has 0 aromatic heterocycles. The van der Waals surface area contributed by atoms with Crippen molar-refractivity contribution in [3.05, 3.63) is 29.8 Å². The Kier molecular flexibility index (Phi) is 5.63. The van der Waals surface area contributed by atoms with Crippen molar-refractivity contribution >= 4 is 0 Å². The van der Waals surface area contributed by atoms with E-state index in [0.717, 1.165) is 11.3 Å². The number of nitrogens with one attached hydrogen (secondary N) is 1. The first-order chi connectivity index (χ1) is 8.45. The molecule has 0 heterocycles. The van der Waals surface area contributed by atoms with Crippen LogP contribution in [-0.4, -0.2) is 24.3 Å². The summed E-state index contributed by atoms with van der Waals surface area (Å²) in [4.78, 5) is 0. The van der Waals surface area contributed by atoms with Crippen LogP contribution in [-0.2, 0) is 0 Å². The first-order valence-electron chi connectivity index (χ1n) is 6.53. The largest absolute Gasteiger partial charge is 0.497 e. The zero-order chi connectivity index (χ0) is 13.7. The summed E-state index contributed by atoms with van der Waals surface area (Å²) in [6.45, 7) is 8.41. The van der Waals surface area contributed by atoms with Crippen LogP contribution < -0.4 is 10.1 Å². The van der Waals surface area contributed by atoms with Crippen molar-refractivity contribution in [2.24, 2.45) is 5.92 Å². The third-order valence-corrected chi connectivity index (χ3v) is 3.02. The molecule has 3 heteroatoms. The molecule has 0 amide bonds. The minimum absolute atomic E-state index is 0.0390. The molecule has 1 aromatic carbocycles. The van der Waals surface area contributed by atoms with E-state index in [-0.39, 0.29) is 6.04 Å². The molecule has 0 bridgehead atoms. The summed E-state index contributed by atoms with van der Waals surface area (Å²) >= 11 is 0. The molecule has 2 N–H and O–H groups in total. The highest BCUT2D eigenvalue weighted by molar-refractivity contribution is 5.30. The van der Waals surface area contributed by atoms with Gasteiger partial charge in [0.2, 0.25) is 0 Å². The second kappa shape index (κ2) is 6.76. The lowest BCUT2D eigenvalue weighted by Gasteiger charge is -2.30. The predicted octanol–water partition coefficient (Wildman–Crippen LogP) is 2.75. The number of hydrogen-bond donors (Lipinski definition) is 2. The monoisotopic (exact) mass is 251 g/mol. The minimum atomic E-state index is -0.525. The average molecular weight is 251 g/mol. The number of aliphatic hydroxyl groups excluding tert-OH is 1. The number of hydrogen-bond acceptors (Lipinski definition) is 3. The third-order valence-electron chi connectivity index (χ3n) is 3.02. The van der Waals surface area contributed by atoms with Crippen molar-refractivity contribution in [1.29, 1.82) is 0 Å². The Morgan fingerprint density at radius 3 is 2.33 bits per heavy atom. The lowest BCUT2D eigenvalue weighted by atomic mass is 9.92. The van der Waals surface area contributed by atoms with Crippen LogP contribution in [0.15, 0.2) is 24.3 Å². The molecule has 0 aliphatic heterocycles. The van der Waals surface area contributed by atoms with Gasteiger partial charge in [0, 0.05) is 12.1 Å². The van der Waals surface area contributed by atoms with Crippen molar-refractivity contribution in [2.45, 2.75) is 45.9 Å². The molecule has 2 atom stereocenters. The van der Waals surface area contributed by atoms with Gasteiger partial charge in [0.15, 0.2) is 0 Å². The number of aliphatic hydroxyl groups is 1. The predicted molar refractivity (Wildman–Crippen MR) is 74.9 cm³/mol. The van der Waals surface area contributed by atoms with Crippen molar-refractivity contribution in [2.75, 3.05) is 7.11 Å². The third kappa shape index (κ3) is 4.00. The van der Waals surface area contributed by atoms with E-state index in [1.165, 1.54) is 0 Å². The van der Waals surface area contributed by atoms with Crippen LogP contribution in [0.25, 0.3) is 0 Å². The maximum Gasteiger partial charge on any atom is 0.119 e. The maximum absolute atomic E-state index is 10.5. The van der Waals surface area contributed by atoms with Crippen molar-refractivity contribution < 1.29 is 9.84 Å². The molecule has 0 aliphatic carbocycles. The second-order valence-corrected chi connectivity index (χ2v) is 5.31. The summed E-state index contributed by atoms with van der Waals surface area (Å²) in [7, 11) is 1.64. The molecule has 0 radical (unpaired) electrons. The Hall–Kier alpha value is -1.06. The van der Waals surface area contributed by atoms with E-state index in [0.29, 0.717) is 12.0 Å². The molecule has 18 heavy (non-hydrogen) atoms. The number of benzene rings is 1. The van der Waals surface area contributed by atoms with E-state index >= 15 is 0 Å². The van der Waals surface area contributed by atoms with Gasteiger partial charge in [-0.2, -0.15) is 0 Å². The summed E-state index contributed by atoms with van der Waals surface area (Å²) in [5.74, 6) is 1.13. The molecular weight excluding hydrogens is 226 g/mol. The first-order valence-corrected chi connectivity index (χ1v) is 6.53. The Balaban J connectivity index is 2.90. The lowest BCUT2D eigenvalue weighted by Crippen LogP contribution is -2.42. The van der Waals surface area contributed by atoms with E-state index in [4.69, 9.17) is 4.74 Å². The molecule has 0 aliphatic rings. The van der Waals surface area contributed by atoms with Gasteiger partial charge in [-0.3, -0.25) is 0 Å². The molecule has 1 aromatic rings. The van der Waals surface area contributed by atoms with Crippen LogP contribution in [0.5, 0.6) is 5.75 Å². The Bertz CT molecular complexity index is 363. The zero-order valence-corrected chi connectivity index (χ0v) is 12.0. The van der Waals surface area contributed by atoms with Gasteiger partial charge in [0.05, 0.1) is 13.2 Å². The quantitative estimate of drug-likeness (QED) is 0.817. The Morgan fingerprint density at radius 2 is 1.83 bits per heavy atom. The molecule has 0 spiro atoms. The summed E-state index contributed by atoms with van der Waals surface area (Å²) in [6.07, 6.45) is -0.525. The van der Waals surface area contributed by atoms with Gasteiger partial charge in [-0.1, -0.05) is 39.8 Å². The standard InChI is InChI=1S/C15H25NO2/c1-10(2)14(16-11(3)4)15(17)12-7-6-8-13(9-12)18-5/h6-11,14-17H,1-5H3. The van der Waals surface area contributed by atoms with Gasteiger partial charge in [0.25, 0.3) is 0 Å². The highest BCUT2D eigenvalue weighted by Gasteiger charge is 2.24. The SMILES string of the molecule is COc1cccc(C(O)C(NC(C)C)C(C)C)c1. The van der Waals surface area contributed by atoms with Crippen LogP contribution >= 0.6 is 0 Å². The molecule has 102 valence electrons. The fourth-order valence-electron chi connectivity index (χ4n) is 2.07. The number of ether oxygens (including phenoxy) is 1. The number of methoxy groups -OCH3 is 1. The van der Waals surface area contributed by atoms with E-state index in [1.54, 1.807) is 7.11 Å². The van der Waals surface area contributed by atoms with Gasteiger partial charge >= 0.3 is 0 Å². The molecule has 2 unspecified atom stereocenters. The van der Waals surface area contributed by atoms with Gasteiger partial charge in [-0.05, 0) is 23.6 Å². The van der Waals surface area contributed by atoms with Gasteiger partial charge in [0.1, 0.15) is 5.75 Å². The van der Waals surface area contributed by atoms with Crippen molar-refractivity contribution in [3.63, 3.8) is 0 Å². The topological polar surface area (TPSA) is 41.5 Å². The number of rotatable bonds is 6. The zero-order valence-electron chi connectivity index (χ0n) is 12.0. The van der Waals surface area contributed by atoms with Crippen molar-refractivity contribution in [1.82, 2.24) is 5.32 Å². The van der Waals surface area contributed by atoms with Gasteiger partial charge in [-0.15, -0.1) is 0 Å².